The summed E-state index contributed by atoms with van der Waals surface area (Å²) in [5.74, 6) is 0. The maximum Gasteiger partial charge on any atom is 0.210 e. The highest BCUT2D eigenvalue weighted by Crippen LogP contribution is 2.05. The van der Waals surface area contributed by atoms with E-state index < -0.39 is 0 Å². The lowest BCUT2D eigenvalue weighted by Gasteiger charge is -1.93. The first-order chi connectivity index (χ1) is 3.43. The first kappa shape index (κ1) is 4.81. The number of ether oxygens (including phenoxy) is 2. The number of hydrogen-bond donors (Lipinski definition) is 0. The van der Waals surface area contributed by atoms with E-state index in [9.17, 15) is 0 Å². The van der Waals surface area contributed by atoms with Gasteiger partial charge in [0.2, 0.25) is 6.79 Å². The third kappa shape index (κ3) is 1.01. The largest absolute Gasteiger partial charge is 0.345 e. The summed E-state index contributed by atoms with van der Waals surface area (Å²) < 4.78 is 9.57. The van der Waals surface area contributed by atoms with Crippen LogP contribution in [0.5, 0.6) is 0 Å². The first-order valence-corrected chi connectivity index (χ1v) is 2.15. The molecule has 0 spiro atoms. The summed E-state index contributed by atoms with van der Waals surface area (Å²) in [6.07, 6.45) is 1.80. The van der Waals surface area contributed by atoms with E-state index in [-0.39, 0.29) is 6.10 Å². The molecule has 0 saturated carbocycles. The lowest BCUT2D eigenvalue weighted by atomic mass is 10.4. The number of rotatable bonds is 1. The lowest BCUT2D eigenvalue weighted by molar-refractivity contribution is 0.144. The fourth-order valence-electron chi connectivity index (χ4n) is 0.408. The topological polar surface area (TPSA) is 18.5 Å². The van der Waals surface area contributed by atoms with Gasteiger partial charge < -0.3 is 9.47 Å². The van der Waals surface area contributed by atoms with Crippen molar-refractivity contribution in [2.24, 2.45) is 0 Å². The molecule has 1 aliphatic heterocycles. The van der Waals surface area contributed by atoms with E-state index in [4.69, 9.17) is 9.47 Å². The Kier molecular flexibility index (Phi) is 1.44. The van der Waals surface area contributed by atoms with E-state index in [2.05, 4.69) is 6.58 Å². The Hall–Kier alpha value is -0.340. The molecule has 1 rings (SSSR count). The summed E-state index contributed by atoms with van der Waals surface area (Å²) in [5.41, 5.74) is 0. The van der Waals surface area contributed by atoms with Crippen molar-refractivity contribution in [3.8, 4) is 0 Å². The summed E-state index contributed by atoms with van der Waals surface area (Å²) in [4.78, 5) is 0. The normalized spacial score (nSPS) is 30.6. The average molecular weight is 99.1 g/mol. The molecule has 0 N–H and O–H groups in total. The van der Waals surface area contributed by atoms with Crippen LogP contribution >= 0.6 is 0 Å². The maximum atomic E-state index is 4.84. The Morgan fingerprint density at radius 1 is 1.86 bits per heavy atom. The smallest absolute Gasteiger partial charge is 0.210 e. The quantitative estimate of drug-likeness (QED) is 0.451. The van der Waals surface area contributed by atoms with Crippen molar-refractivity contribution >= 4 is 0 Å². The zero-order valence-corrected chi connectivity index (χ0v) is 3.96. The van der Waals surface area contributed by atoms with Gasteiger partial charge in [0.15, 0.2) is 0 Å². The van der Waals surface area contributed by atoms with Crippen LogP contribution in [0, 0.1) is 6.79 Å². The predicted molar refractivity (Wildman–Crippen MR) is 25.3 cm³/mol. The minimum atomic E-state index is 0.0833. The van der Waals surface area contributed by atoms with Crippen LogP contribution in [0.25, 0.3) is 0 Å². The summed E-state index contributed by atoms with van der Waals surface area (Å²) in [5, 5.41) is 0. The van der Waals surface area contributed by atoms with E-state index in [1.165, 1.54) is 6.79 Å². The van der Waals surface area contributed by atoms with Gasteiger partial charge in [0.05, 0.1) is 6.61 Å². The molecule has 0 amide bonds. The van der Waals surface area contributed by atoms with Gasteiger partial charge >= 0.3 is 0 Å². The maximum absolute atomic E-state index is 4.84. The van der Waals surface area contributed by atoms with Crippen LogP contribution in [-0.4, -0.2) is 12.7 Å². The summed E-state index contributed by atoms with van der Waals surface area (Å²) >= 11 is 0. The minimum Gasteiger partial charge on any atom is -0.345 e. The molecule has 7 heavy (non-hydrogen) atoms. The third-order valence-corrected chi connectivity index (χ3v) is 0.822. The van der Waals surface area contributed by atoms with Crippen LogP contribution in [0.1, 0.15) is 0 Å². The molecule has 0 aromatic carbocycles. The Bertz CT molecular complexity index is 64.5. The SMILES string of the molecule is C=CC1CO[CH]O1. The molecule has 1 aliphatic rings. The zero-order chi connectivity index (χ0) is 5.11. The second-order valence-corrected chi connectivity index (χ2v) is 1.34. The highest BCUT2D eigenvalue weighted by atomic mass is 16.7. The second-order valence-electron chi connectivity index (χ2n) is 1.34. The Labute approximate surface area is 42.7 Å². The molecular formula is C5H7O2. The van der Waals surface area contributed by atoms with E-state index in [1.807, 2.05) is 0 Å². The Morgan fingerprint density at radius 3 is 3.00 bits per heavy atom. The minimum absolute atomic E-state index is 0.0833. The summed E-state index contributed by atoms with van der Waals surface area (Å²) in [6, 6.07) is 0. The molecule has 1 unspecified atom stereocenters. The second kappa shape index (κ2) is 2.09. The molecule has 1 radical (unpaired) electrons. The molecule has 1 saturated heterocycles. The molecule has 1 fully saturated rings. The number of hydrogen-bond acceptors (Lipinski definition) is 2. The molecule has 0 aliphatic carbocycles. The monoisotopic (exact) mass is 99.0 g/mol. The first-order valence-electron chi connectivity index (χ1n) is 2.15. The van der Waals surface area contributed by atoms with Gasteiger partial charge in [-0.25, -0.2) is 0 Å². The van der Waals surface area contributed by atoms with Crippen LogP contribution in [0.3, 0.4) is 0 Å². The molecule has 0 aromatic heterocycles. The van der Waals surface area contributed by atoms with E-state index in [1.54, 1.807) is 6.08 Å². The lowest BCUT2D eigenvalue weighted by Crippen LogP contribution is -2.02. The highest BCUT2D eigenvalue weighted by Gasteiger charge is 2.10. The van der Waals surface area contributed by atoms with Gasteiger partial charge in [-0.3, -0.25) is 0 Å². The van der Waals surface area contributed by atoms with Crippen molar-refractivity contribution in [3.05, 3.63) is 19.4 Å². The Balaban J connectivity index is 2.26. The summed E-state index contributed by atoms with van der Waals surface area (Å²) in [6.45, 7) is 5.47. The zero-order valence-electron chi connectivity index (χ0n) is 3.96. The van der Waals surface area contributed by atoms with Crippen LogP contribution in [0.2, 0.25) is 0 Å². The van der Waals surface area contributed by atoms with Crippen molar-refractivity contribution in [1.29, 1.82) is 0 Å². The van der Waals surface area contributed by atoms with Crippen LogP contribution in [-0.2, 0) is 9.47 Å². The molecular weight excluding hydrogens is 92.1 g/mol. The van der Waals surface area contributed by atoms with Gasteiger partial charge in [0, 0.05) is 0 Å². The van der Waals surface area contributed by atoms with Crippen molar-refractivity contribution in [2.75, 3.05) is 6.61 Å². The van der Waals surface area contributed by atoms with Crippen molar-refractivity contribution in [1.82, 2.24) is 0 Å². The van der Waals surface area contributed by atoms with E-state index in [0.717, 1.165) is 0 Å². The van der Waals surface area contributed by atoms with Gasteiger partial charge in [-0.2, -0.15) is 0 Å². The fraction of sp³-hybridized carbons (Fsp3) is 0.400. The van der Waals surface area contributed by atoms with E-state index >= 15 is 0 Å². The molecule has 2 nitrogen and oxygen atoms in total. The fourth-order valence-corrected chi connectivity index (χ4v) is 0.408. The molecule has 1 atom stereocenters. The molecule has 0 bridgehead atoms. The average Bonchev–Trinajstić information content (AvgIpc) is 2.14. The molecule has 1 heterocycles. The highest BCUT2D eigenvalue weighted by molar-refractivity contribution is 4.82. The predicted octanol–water partition coefficient (Wildman–Crippen LogP) is 0.707. The van der Waals surface area contributed by atoms with Crippen LogP contribution < -0.4 is 0 Å². The Morgan fingerprint density at radius 2 is 2.71 bits per heavy atom. The third-order valence-electron chi connectivity index (χ3n) is 0.822. The molecule has 39 valence electrons. The summed E-state index contributed by atoms with van der Waals surface area (Å²) in [7, 11) is 0. The molecule has 2 heteroatoms. The van der Waals surface area contributed by atoms with Gasteiger partial charge in [0.1, 0.15) is 6.10 Å². The van der Waals surface area contributed by atoms with Gasteiger partial charge in [0.25, 0.3) is 0 Å². The molecule has 0 aromatic rings. The van der Waals surface area contributed by atoms with Gasteiger partial charge in [-0.05, 0) is 0 Å². The van der Waals surface area contributed by atoms with Gasteiger partial charge in [-0.15, -0.1) is 6.58 Å². The van der Waals surface area contributed by atoms with Crippen LogP contribution in [0.15, 0.2) is 12.7 Å². The van der Waals surface area contributed by atoms with Crippen molar-refractivity contribution in [3.63, 3.8) is 0 Å². The van der Waals surface area contributed by atoms with Crippen molar-refractivity contribution in [2.45, 2.75) is 6.10 Å². The standard InChI is InChI=1S/C5H7O2/c1-2-5-3-6-4-7-5/h2,4-5H,1,3H2. The van der Waals surface area contributed by atoms with Crippen molar-refractivity contribution < 1.29 is 9.47 Å². The van der Waals surface area contributed by atoms with Gasteiger partial charge in [-0.1, -0.05) is 6.08 Å². The van der Waals surface area contributed by atoms with Crippen LogP contribution in [0.4, 0.5) is 0 Å². The van der Waals surface area contributed by atoms with E-state index in [0.29, 0.717) is 6.61 Å².